The van der Waals surface area contributed by atoms with E-state index in [1.54, 1.807) is 0 Å². The third-order valence-electron chi connectivity index (χ3n) is 6.92. The van der Waals surface area contributed by atoms with E-state index in [1.807, 2.05) is 7.05 Å². The summed E-state index contributed by atoms with van der Waals surface area (Å²) in [6.07, 6.45) is 6.57. The number of nitrogens with zero attached hydrogens (tertiary/aromatic N) is 3. The molecule has 1 aliphatic heterocycles. The zero-order chi connectivity index (χ0) is 22.1. The van der Waals surface area contributed by atoms with Gasteiger partial charge in [0, 0.05) is 44.7 Å². The van der Waals surface area contributed by atoms with E-state index in [2.05, 4.69) is 69.6 Å². The van der Waals surface area contributed by atoms with Gasteiger partial charge in [0.25, 0.3) is 0 Å². The summed E-state index contributed by atoms with van der Waals surface area (Å²) >= 11 is 0. The molecule has 0 spiro atoms. The molecule has 2 fully saturated rings. The van der Waals surface area contributed by atoms with Crippen LogP contribution in [-0.4, -0.2) is 73.5 Å². The maximum Gasteiger partial charge on any atom is 0.225 e. The Morgan fingerprint density at radius 2 is 1.87 bits per heavy atom. The van der Waals surface area contributed by atoms with Gasteiger partial charge in [-0.3, -0.25) is 14.7 Å². The van der Waals surface area contributed by atoms with Gasteiger partial charge in [0.1, 0.15) is 0 Å². The molecule has 1 aromatic rings. The highest BCUT2D eigenvalue weighted by Crippen LogP contribution is 2.27. The van der Waals surface area contributed by atoms with E-state index < -0.39 is 0 Å². The summed E-state index contributed by atoms with van der Waals surface area (Å²) in [6.45, 7) is 9.00. The molecule has 1 heterocycles. The average molecular weight is 428 g/mol. The van der Waals surface area contributed by atoms with Crippen LogP contribution in [0.3, 0.4) is 0 Å². The normalized spacial score (nSPS) is 21.0. The molecule has 31 heavy (non-hydrogen) atoms. The molecule has 2 unspecified atom stereocenters. The van der Waals surface area contributed by atoms with Gasteiger partial charge in [-0.05, 0) is 44.3 Å². The van der Waals surface area contributed by atoms with Gasteiger partial charge < -0.3 is 15.5 Å². The van der Waals surface area contributed by atoms with Gasteiger partial charge >= 0.3 is 0 Å². The molecule has 2 N–H and O–H groups in total. The fourth-order valence-corrected chi connectivity index (χ4v) is 5.07. The molecule has 1 saturated heterocycles. The number of amides is 1. The molecular weight excluding hydrogens is 386 g/mol. The van der Waals surface area contributed by atoms with Gasteiger partial charge in [-0.25, -0.2) is 0 Å². The number of carbonyl (C=O) groups excluding carboxylic acids is 1. The summed E-state index contributed by atoms with van der Waals surface area (Å²) in [5.41, 5.74) is 1.36. The largest absolute Gasteiger partial charge is 0.355 e. The number of hydrogen-bond acceptors (Lipinski definition) is 3. The predicted molar refractivity (Wildman–Crippen MR) is 128 cm³/mol. The zero-order valence-electron chi connectivity index (χ0n) is 19.6. The highest BCUT2D eigenvalue weighted by atomic mass is 16.2. The van der Waals surface area contributed by atoms with Crippen LogP contribution in [0.5, 0.6) is 0 Å². The third kappa shape index (κ3) is 6.70. The van der Waals surface area contributed by atoms with Gasteiger partial charge in [-0.1, -0.05) is 57.0 Å². The topological polar surface area (TPSA) is 60.0 Å². The van der Waals surface area contributed by atoms with Gasteiger partial charge in [-0.2, -0.15) is 0 Å². The molecule has 0 radical (unpaired) electrons. The number of aliphatic imine (C=N–C) groups is 1. The van der Waals surface area contributed by atoms with Crippen LogP contribution in [0.4, 0.5) is 0 Å². The standard InChI is InChI=1S/C25H41N5O/c1-4-29(5-2)23(17-20-11-7-6-8-12-20)18-27-25(26-3)28-22-15-16-30(19-22)24(31)21-13-9-10-14-21/h6-8,11-12,21-23H,4-5,9-10,13-19H2,1-3H3,(H2,26,27,28). The Morgan fingerprint density at radius 3 is 2.52 bits per heavy atom. The molecule has 3 rings (SSSR count). The van der Waals surface area contributed by atoms with E-state index in [9.17, 15) is 4.79 Å². The second kappa shape index (κ2) is 12.1. The van der Waals surface area contributed by atoms with E-state index in [0.29, 0.717) is 11.9 Å². The van der Waals surface area contributed by atoms with E-state index in [4.69, 9.17) is 0 Å². The maximum atomic E-state index is 12.7. The van der Waals surface area contributed by atoms with Crippen molar-refractivity contribution >= 4 is 11.9 Å². The number of likely N-dealkylation sites (tertiary alicyclic amines) is 1. The lowest BCUT2D eigenvalue weighted by atomic mass is 10.0. The molecule has 2 atom stereocenters. The lowest BCUT2D eigenvalue weighted by molar-refractivity contribution is -0.134. The summed E-state index contributed by atoms with van der Waals surface area (Å²) in [6, 6.07) is 11.4. The van der Waals surface area contributed by atoms with Crippen molar-refractivity contribution in [1.29, 1.82) is 0 Å². The van der Waals surface area contributed by atoms with Crippen LogP contribution in [0, 0.1) is 5.92 Å². The highest BCUT2D eigenvalue weighted by molar-refractivity contribution is 5.81. The molecule has 6 heteroatoms. The van der Waals surface area contributed by atoms with Crippen molar-refractivity contribution in [3.05, 3.63) is 35.9 Å². The molecule has 1 amide bonds. The van der Waals surface area contributed by atoms with E-state index in [0.717, 1.165) is 64.4 Å². The first-order chi connectivity index (χ1) is 15.1. The predicted octanol–water partition coefficient (Wildman–Crippen LogP) is 2.90. The SMILES string of the molecule is CCN(CC)C(CNC(=NC)NC1CCN(C(=O)C2CCCC2)C1)Cc1ccccc1. The average Bonchev–Trinajstić information content (AvgIpc) is 3.50. The Kier molecular flexibility index (Phi) is 9.19. The summed E-state index contributed by atoms with van der Waals surface area (Å²) in [5.74, 6) is 1.48. The van der Waals surface area contributed by atoms with Crippen LogP contribution in [0.1, 0.15) is 51.5 Å². The molecule has 172 valence electrons. The first-order valence-corrected chi connectivity index (χ1v) is 12.2. The summed E-state index contributed by atoms with van der Waals surface area (Å²) in [4.78, 5) is 21.8. The Hall–Kier alpha value is -2.08. The van der Waals surface area contributed by atoms with Crippen molar-refractivity contribution in [3.8, 4) is 0 Å². The molecule has 1 aliphatic carbocycles. The Labute approximate surface area is 188 Å². The fourth-order valence-electron chi connectivity index (χ4n) is 5.07. The summed E-state index contributed by atoms with van der Waals surface area (Å²) in [5, 5.41) is 7.12. The van der Waals surface area contributed by atoms with Crippen molar-refractivity contribution < 1.29 is 4.79 Å². The number of carbonyl (C=O) groups is 1. The lowest BCUT2D eigenvalue weighted by Crippen LogP contribution is -2.50. The minimum Gasteiger partial charge on any atom is -0.355 e. The van der Waals surface area contributed by atoms with Crippen LogP contribution >= 0.6 is 0 Å². The monoisotopic (exact) mass is 427 g/mol. The second-order valence-corrected chi connectivity index (χ2v) is 8.91. The smallest absolute Gasteiger partial charge is 0.225 e. The van der Waals surface area contributed by atoms with Crippen molar-refractivity contribution in [3.63, 3.8) is 0 Å². The van der Waals surface area contributed by atoms with Crippen LogP contribution in [0.25, 0.3) is 0 Å². The van der Waals surface area contributed by atoms with Crippen LogP contribution in [0.15, 0.2) is 35.3 Å². The number of benzene rings is 1. The van der Waals surface area contributed by atoms with Gasteiger partial charge in [-0.15, -0.1) is 0 Å². The number of likely N-dealkylation sites (N-methyl/N-ethyl adjacent to an activating group) is 1. The molecule has 0 bridgehead atoms. The van der Waals surface area contributed by atoms with Crippen LogP contribution < -0.4 is 10.6 Å². The van der Waals surface area contributed by atoms with Crippen molar-refractivity contribution in [2.75, 3.05) is 39.8 Å². The molecule has 1 saturated carbocycles. The molecular formula is C25H41N5O. The van der Waals surface area contributed by atoms with E-state index in [-0.39, 0.29) is 12.0 Å². The van der Waals surface area contributed by atoms with E-state index >= 15 is 0 Å². The minimum atomic E-state index is 0.268. The zero-order valence-corrected chi connectivity index (χ0v) is 19.6. The number of rotatable bonds is 9. The molecule has 1 aromatic carbocycles. The number of nitrogens with one attached hydrogen (secondary N) is 2. The molecule has 2 aliphatic rings. The quantitative estimate of drug-likeness (QED) is 0.470. The third-order valence-corrected chi connectivity index (χ3v) is 6.92. The first kappa shape index (κ1) is 23.6. The lowest BCUT2D eigenvalue weighted by Gasteiger charge is -2.31. The molecule has 6 nitrogen and oxygen atoms in total. The Morgan fingerprint density at radius 1 is 1.16 bits per heavy atom. The number of guanidine groups is 1. The fraction of sp³-hybridized carbons (Fsp3) is 0.680. The van der Waals surface area contributed by atoms with Gasteiger partial charge in [0.05, 0.1) is 0 Å². The van der Waals surface area contributed by atoms with Crippen LogP contribution in [-0.2, 0) is 11.2 Å². The minimum absolute atomic E-state index is 0.268. The first-order valence-electron chi connectivity index (χ1n) is 12.2. The second-order valence-electron chi connectivity index (χ2n) is 8.91. The number of hydrogen-bond donors (Lipinski definition) is 2. The summed E-state index contributed by atoms with van der Waals surface area (Å²) in [7, 11) is 1.83. The maximum absolute atomic E-state index is 12.7. The highest BCUT2D eigenvalue weighted by Gasteiger charge is 2.32. The van der Waals surface area contributed by atoms with Gasteiger partial charge in [0.2, 0.25) is 5.91 Å². The Bertz CT molecular complexity index is 697. The van der Waals surface area contributed by atoms with Gasteiger partial charge in [0.15, 0.2) is 5.96 Å². The molecule has 0 aromatic heterocycles. The Balaban J connectivity index is 1.51. The van der Waals surface area contributed by atoms with Crippen molar-refractivity contribution in [2.24, 2.45) is 10.9 Å². The van der Waals surface area contributed by atoms with Crippen LogP contribution in [0.2, 0.25) is 0 Å². The van der Waals surface area contributed by atoms with Crippen molar-refractivity contribution in [1.82, 2.24) is 20.4 Å². The van der Waals surface area contributed by atoms with E-state index in [1.165, 1.54) is 18.4 Å². The van der Waals surface area contributed by atoms with Crippen molar-refractivity contribution in [2.45, 2.75) is 64.5 Å². The summed E-state index contributed by atoms with van der Waals surface area (Å²) < 4.78 is 0.